The molecule has 2 aromatic rings. The average Bonchev–Trinajstić information content (AvgIpc) is 3.22. The normalized spacial score (nSPS) is 14.3. The first kappa shape index (κ1) is 20.1. The van der Waals surface area contributed by atoms with Crippen LogP contribution in [0.15, 0.2) is 38.3 Å². The molecule has 1 unspecified atom stereocenters. The van der Waals surface area contributed by atoms with Crippen LogP contribution in [0.3, 0.4) is 0 Å². The van der Waals surface area contributed by atoms with Crippen molar-refractivity contribution in [3.63, 3.8) is 0 Å². The molecule has 0 fully saturated rings. The van der Waals surface area contributed by atoms with Crippen molar-refractivity contribution in [1.82, 2.24) is 10.6 Å². The van der Waals surface area contributed by atoms with E-state index in [0.717, 1.165) is 48.7 Å². The number of aliphatic imine (C=N–C) groups is 1. The minimum atomic E-state index is -1.08. The van der Waals surface area contributed by atoms with Gasteiger partial charge in [0.25, 0.3) is 0 Å². The summed E-state index contributed by atoms with van der Waals surface area (Å²) in [7, 11) is 0. The first-order chi connectivity index (χ1) is 12.4. The Morgan fingerprint density at radius 2 is 2.04 bits per heavy atom. The number of furan rings is 2. The van der Waals surface area contributed by atoms with Crippen LogP contribution in [0.1, 0.15) is 49.5 Å². The minimum absolute atomic E-state index is 0.245. The number of nitrogens with zero attached hydrogens (tertiary/aromatic N) is 1. The lowest BCUT2D eigenvalue weighted by Gasteiger charge is -2.21. The first-order valence-corrected chi connectivity index (χ1v) is 9.27. The lowest BCUT2D eigenvalue weighted by Crippen LogP contribution is -2.40. The quantitative estimate of drug-likeness (QED) is 0.363. The van der Waals surface area contributed by atoms with Gasteiger partial charge in [-0.05, 0) is 45.4 Å². The van der Waals surface area contributed by atoms with E-state index in [2.05, 4.69) is 22.5 Å². The molecule has 6 nitrogen and oxygen atoms in total. The second-order valence-electron chi connectivity index (χ2n) is 6.80. The standard InChI is InChI=1S/C20H31N3O3/c1-5-6-10-21-19(22-11-9-17-8-7-12-25-17)23-14-20(4,24)18-13-15(2)26-16(18)3/h7-8,12-13,24H,5-6,9-11,14H2,1-4H3,(H2,21,22,23). The Labute approximate surface area is 155 Å². The van der Waals surface area contributed by atoms with Gasteiger partial charge in [0.15, 0.2) is 5.96 Å². The molecule has 0 aliphatic carbocycles. The van der Waals surface area contributed by atoms with Crippen LogP contribution >= 0.6 is 0 Å². The molecule has 0 aliphatic heterocycles. The van der Waals surface area contributed by atoms with Crippen molar-refractivity contribution in [2.45, 2.75) is 52.6 Å². The Kier molecular flexibility index (Phi) is 7.33. The zero-order valence-corrected chi connectivity index (χ0v) is 16.3. The van der Waals surface area contributed by atoms with E-state index < -0.39 is 5.60 Å². The summed E-state index contributed by atoms with van der Waals surface area (Å²) in [4.78, 5) is 4.58. The summed E-state index contributed by atoms with van der Waals surface area (Å²) in [5, 5.41) is 17.5. The van der Waals surface area contributed by atoms with E-state index in [1.54, 1.807) is 13.2 Å². The van der Waals surface area contributed by atoms with Gasteiger partial charge >= 0.3 is 0 Å². The highest BCUT2D eigenvalue weighted by Crippen LogP contribution is 2.27. The zero-order valence-electron chi connectivity index (χ0n) is 16.3. The number of unbranched alkanes of at least 4 members (excludes halogenated alkanes) is 1. The molecule has 144 valence electrons. The number of rotatable bonds is 9. The second-order valence-corrected chi connectivity index (χ2v) is 6.80. The SMILES string of the molecule is CCCCNC(=NCC(C)(O)c1cc(C)oc1C)NCCc1ccco1. The van der Waals surface area contributed by atoms with Crippen molar-refractivity contribution >= 4 is 5.96 Å². The molecule has 0 aliphatic rings. The maximum absolute atomic E-state index is 10.8. The lowest BCUT2D eigenvalue weighted by atomic mass is 9.96. The summed E-state index contributed by atoms with van der Waals surface area (Å²) in [5.74, 6) is 3.15. The molecule has 0 saturated carbocycles. The molecule has 3 N–H and O–H groups in total. The molecule has 1 atom stereocenters. The predicted octanol–water partition coefficient (Wildman–Crippen LogP) is 3.27. The molecule has 26 heavy (non-hydrogen) atoms. The van der Waals surface area contributed by atoms with E-state index in [1.807, 2.05) is 32.0 Å². The lowest BCUT2D eigenvalue weighted by molar-refractivity contribution is 0.0657. The molecular formula is C20H31N3O3. The van der Waals surface area contributed by atoms with Crippen molar-refractivity contribution in [2.24, 2.45) is 4.99 Å². The largest absolute Gasteiger partial charge is 0.469 e. The van der Waals surface area contributed by atoms with Gasteiger partial charge in [0.1, 0.15) is 22.9 Å². The topological polar surface area (TPSA) is 82.9 Å². The molecule has 0 bridgehead atoms. The van der Waals surface area contributed by atoms with Gasteiger partial charge < -0.3 is 24.6 Å². The van der Waals surface area contributed by atoms with Crippen LogP contribution in [0, 0.1) is 13.8 Å². The molecule has 2 rings (SSSR count). The average molecular weight is 361 g/mol. The number of guanidine groups is 1. The summed E-state index contributed by atoms with van der Waals surface area (Å²) in [6.45, 7) is 9.45. The minimum Gasteiger partial charge on any atom is -0.469 e. The molecule has 0 aromatic carbocycles. The summed E-state index contributed by atoms with van der Waals surface area (Å²) in [6.07, 6.45) is 4.63. The van der Waals surface area contributed by atoms with Crippen LogP contribution in [0.2, 0.25) is 0 Å². The first-order valence-electron chi connectivity index (χ1n) is 9.27. The Balaban J connectivity index is 1.98. The van der Waals surface area contributed by atoms with Crippen LogP contribution in [0.4, 0.5) is 0 Å². The summed E-state index contributed by atoms with van der Waals surface area (Å²) < 4.78 is 10.9. The smallest absolute Gasteiger partial charge is 0.191 e. The third-order valence-electron chi connectivity index (χ3n) is 4.23. The number of nitrogens with one attached hydrogen (secondary N) is 2. The highest BCUT2D eigenvalue weighted by Gasteiger charge is 2.27. The Morgan fingerprint density at radius 1 is 1.27 bits per heavy atom. The van der Waals surface area contributed by atoms with Crippen molar-refractivity contribution in [3.05, 3.63) is 47.3 Å². The van der Waals surface area contributed by atoms with Gasteiger partial charge in [0.2, 0.25) is 0 Å². The van der Waals surface area contributed by atoms with Crippen LogP contribution in [0.5, 0.6) is 0 Å². The summed E-state index contributed by atoms with van der Waals surface area (Å²) >= 11 is 0. The van der Waals surface area contributed by atoms with Crippen LogP contribution in [-0.2, 0) is 12.0 Å². The van der Waals surface area contributed by atoms with E-state index in [9.17, 15) is 5.11 Å². The van der Waals surface area contributed by atoms with E-state index >= 15 is 0 Å². The number of aliphatic hydroxyl groups is 1. The third kappa shape index (κ3) is 5.95. The van der Waals surface area contributed by atoms with Gasteiger partial charge in [-0.1, -0.05) is 13.3 Å². The van der Waals surface area contributed by atoms with Gasteiger partial charge in [-0.3, -0.25) is 0 Å². The van der Waals surface area contributed by atoms with Crippen molar-refractivity contribution < 1.29 is 13.9 Å². The van der Waals surface area contributed by atoms with E-state index in [4.69, 9.17) is 8.83 Å². The molecule has 0 radical (unpaired) electrons. The maximum atomic E-state index is 10.8. The van der Waals surface area contributed by atoms with Crippen LogP contribution < -0.4 is 10.6 Å². The fourth-order valence-corrected chi connectivity index (χ4v) is 2.80. The Bertz CT molecular complexity index is 687. The van der Waals surface area contributed by atoms with Gasteiger partial charge in [-0.2, -0.15) is 0 Å². The second kappa shape index (κ2) is 9.48. The van der Waals surface area contributed by atoms with Gasteiger partial charge in [0, 0.05) is 25.1 Å². The molecule has 0 amide bonds. The molecule has 2 aromatic heterocycles. The van der Waals surface area contributed by atoms with Gasteiger partial charge in [-0.15, -0.1) is 0 Å². The van der Waals surface area contributed by atoms with E-state index in [0.29, 0.717) is 12.5 Å². The number of hydrogen-bond donors (Lipinski definition) is 3. The zero-order chi connectivity index (χ0) is 19.0. The van der Waals surface area contributed by atoms with Gasteiger partial charge in [-0.25, -0.2) is 4.99 Å². The fraction of sp³-hybridized carbons (Fsp3) is 0.550. The molecule has 6 heteroatoms. The third-order valence-corrected chi connectivity index (χ3v) is 4.23. The van der Waals surface area contributed by atoms with Crippen molar-refractivity contribution in [2.75, 3.05) is 19.6 Å². The Hall–Kier alpha value is -2.21. The monoisotopic (exact) mass is 361 g/mol. The molecular weight excluding hydrogens is 330 g/mol. The molecule has 2 heterocycles. The summed E-state index contributed by atoms with van der Waals surface area (Å²) in [5.41, 5.74) is -0.301. The van der Waals surface area contributed by atoms with Crippen LogP contribution in [-0.4, -0.2) is 30.7 Å². The fourth-order valence-electron chi connectivity index (χ4n) is 2.80. The molecule has 0 saturated heterocycles. The van der Waals surface area contributed by atoms with Crippen molar-refractivity contribution in [1.29, 1.82) is 0 Å². The predicted molar refractivity (Wildman–Crippen MR) is 103 cm³/mol. The maximum Gasteiger partial charge on any atom is 0.191 e. The summed E-state index contributed by atoms with van der Waals surface area (Å²) in [6, 6.07) is 5.72. The highest BCUT2D eigenvalue weighted by atomic mass is 16.3. The Morgan fingerprint density at radius 3 is 2.65 bits per heavy atom. The van der Waals surface area contributed by atoms with E-state index in [1.165, 1.54) is 0 Å². The van der Waals surface area contributed by atoms with E-state index in [-0.39, 0.29) is 6.54 Å². The number of hydrogen-bond acceptors (Lipinski definition) is 4. The highest BCUT2D eigenvalue weighted by molar-refractivity contribution is 5.79. The van der Waals surface area contributed by atoms with Gasteiger partial charge in [0.05, 0.1) is 12.8 Å². The number of aryl methyl sites for hydroxylation is 2. The molecule has 0 spiro atoms. The van der Waals surface area contributed by atoms with Crippen LogP contribution in [0.25, 0.3) is 0 Å². The van der Waals surface area contributed by atoms with Crippen molar-refractivity contribution in [3.8, 4) is 0 Å².